The van der Waals surface area contributed by atoms with E-state index in [0.717, 1.165) is 31.7 Å². The van der Waals surface area contributed by atoms with Gasteiger partial charge in [0.05, 0.1) is 42.7 Å². The molecule has 1 unspecified atom stereocenters. The molecule has 1 aliphatic rings. The standard InChI is InChI=1S/C41H63FN5O8P/c1-4-5-6-7-8-9-10-11-12-13-14-15-16-17-18-19-20-34(52-27-32-23-31(26-43)24-33(42)25-32)28-53-56(50,51)55-30(2)41(3)39(49)37(48)38(54-41)35-21-22-36-40(44)45-29-46-47(35)36/h21-25,29-30,34,37-39,48-49H,4-20,27-28H2,1-3H3,(H,50,51)(H2,44,45,46)/t30-,34+,37-,38-,39-,41+/m0/s1. The maximum absolute atomic E-state index is 14.1. The maximum atomic E-state index is 14.1. The van der Waals surface area contributed by atoms with E-state index in [2.05, 4.69) is 17.0 Å². The topological polar surface area (TPSA) is 195 Å². The third-order valence-electron chi connectivity index (χ3n) is 10.9. The first-order valence-electron chi connectivity index (χ1n) is 20.5. The fourth-order valence-corrected chi connectivity index (χ4v) is 8.36. The van der Waals surface area contributed by atoms with Crippen LogP contribution in [0.3, 0.4) is 0 Å². The van der Waals surface area contributed by atoms with Gasteiger partial charge in [-0.25, -0.2) is 18.5 Å². The van der Waals surface area contributed by atoms with Crippen LogP contribution in [-0.2, 0) is 29.7 Å². The number of nitrogens with two attached hydrogens (primary N) is 1. The lowest BCUT2D eigenvalue weighted by Gasteiger charge is -2.34. The van der Waals surface area contributed by atoms with Crippen molar-refractivity contribution in [1.82, 2.24) is 14.6 Å². The molecule has 3 aromatic rings. The summed E-state index contributed by atoms with van der Waals surface area (Å²) in [5, 5.41) is 35.6. The zero-order chi connectivity index (χ0) is 40.6. The van der Waals surface area contributed by atoms with Gasteiger partial charge in [-0.3, -0.25) is 9.05 Å². The highest BCUT2D eigenvalue weighted by atomic mass is 31.2. The normalized spacial score (nSPS) is 21.9. The Bertz CT molecular complexity index is 1720. The molecule has 56 heavy (non-hydrogen) atoms. The first-order chi connectivity index (χ1) is 26.9. The molecule has 0 aliphatic carbocycles. The van der Waals surface area contributed by atoms with E-state index in [-0.39, 0.29) is 24.6 Å². The molecular formula is C41H63FN5O8P. The van der Waals surface area contributed by atoms with Crippen molar-refractivity contribution >= 4 is 19.2 Å². The molecule has 5 N–H and O–H groups in total. The first kappa shape index (κ1) is 45.7. The SMILES string of the molecule is CCCCCCCCCCCCCCCCCC[C@H](COP(=O)(O)O[C@@H](C)[C@@]1(C)O[C@@H](c2ccc3c(N)ncnn23)[C@H](O)[C@@H]1O)OCc1cc(F)cc(C#N)c1. The number of nitrogen functional groups attached to an aromatic ring is 1. The molecule has 1 aliphatic heterocycles. The molecular weight excluding hydrogens is 740 g/mol. The van der Waals surface area contributed by atoms with E-state index in [1.54, 1.807) is 12.1 Å². The molecule has 312 valence electrons. The number of nitriles is 1. The number of aliphatic hydroxyl groups excluding tert-OH is 2. The number of anilines is 1. The van der Waals surface area contributed by atoms with Gasteiger partial charge in [0.25, 0.3) is 0 Å². The molecule has 1 saturated heterocycles. The molecule has 0 amide bonds. The highest BCUT2D eigenvalue weighted by Crippen LogP contribution is 2.50. The minimum atomic E-state index is -4.76. The van der Waals surface area contributed by atoms with E-state index in [1.165, 1.54) is 114 Å². The van der Waals surface area contributed by atoms with Gasteiger partial charge in [-0.1, -0.05) is 110 Å². The summed E-state index contributed by atoms with van der Waals surface area (Å²) in [6.45, 7) is 4.83. The van der Waals surface area contributed by atoms with Crippen LogP contribution in [0.4, 0.5) is 10.2 Å². The van der Waals surface area contributed by atoms with Crippen LogP contribution in [0.15, 0.2) is 36.7 Å². The first-order valence-corrected chi connectivity index (χ1v) is 22.0. The van der Waals surface area contributed by atoms with E-state index in [0.29, 0.717) is 23.2 Å². The average Bonchev–Trinajstić information content (AvgIpc) is 3.70. The van der Waals surface area contributed by atoms with Crippen LogP contribution in [0.2, 0.25) is 0 Å². The van der Waals surface area contributed by atoms with E-state index in [4.69, 9.17) is 24.3 Å². The van der Waals surface area contributed by atoms with Crippen LogP contribution in [-0.4, -0.2) is 66.3 Å². The monoisotopic (exact) mass is 803 g/mol. The van der Waals surface area contributed by atoms with Crippen molar-refractivity contribution in [3.05, 3.63) is 59.3 Å². The van der Waals surface area contributed by atoms with E-state index in [9.17, 15) is 29.3 Å². The molecule has 13 nitrogen and oxygen atoms in total. The number of halogens is 1. The van der Waals surface area contributed by atoms with Crippen LogP contribution in [0, 0.1) is 17.1 Å². The fraction of sp³-hybridized carbons (Fsp3) is 0.683. The van der Waals surface area contributed by atoms with Gasteiger partial charge < -0.3 is 30.3 Å². The number of benzene rings is 1. The fourth-order valence-electron chi connectivity index (χ4n) is 7.34. The van der Waals surface area contributed by atoms with Crippen LogP contribution in [0.25, 0.3) is 5.52 Å². The van der Waals surface area contributed by atoms with Crippen molar-refractivity contribution in [2.24, 2.45) is 0 Å². The van der Waals surface area contributed by atoms with Crippen LogP contribution >= 0.6 is 7.82 Å². The Balaban J connectivity index is 1.25. The summed E-state index contributed by atoms with van der Waals surface area (Å²) in [5.74, 6) is -0.340. The number of aliphatic hydroxyl groups is 2. The predicted octanol–water partition coefficient (Wildman–Crippen LogP) is 8.63. The summed E-state index contributed by atoms with van der Waals surface area (Å²) in [6.07, 6.45) is 15.6. The van der Waals surface area contributed by atoms with Gasteiger partial charge in [0.1, 0.15) is 41.6 Å². The van der Waals surface area contributed by atoms with Crippen LogP contribution in [0.5, 0.6) is 0 Å². The second-order valence-electron chi connectivity index (χ2n) is 15.4. The Labute approximate surface area is 331 Å². The maximum Gasteiger partial charge on any atom is 0.472 e. The van der Waals surface area contributed by atoms with E-state index in [1.807, 2.05) is 6.07 Å². The summed E-state index contributed by atoms with van der Waals surface area (Å²) in [5.41, 5.74) is 5.82. The molecule has 7 atom stereocenters. The van der Waals surface area contributed by atoms with Gasteiger partial charge in [-0.2, -0.15) is 10.4 Å². The van der Waals surface area contributed by atoms with Crippen molar-refractivity contribution in [1.29, 1.82) is 5.26 Å². The summed E-state index contributed by atoms with van der Waals surface area (Å²) >= 11 is 0. The third kappa shape index (κ3) is 13.6. The number of phosphoric ester groups is 1. The van der Waals surface area contributed by atoms with E-state index < -0.39 is 49.8 Å². The van der Waals surface area contributed by atoms with Gasteiger partial charge in [-0.05, 0) is 56.2 Å². The summed E-state index contributed by atoms with van der Waals surface area (Å²) in [4.78, 5) is 14.8. The Morgan fingerprint density at radius 3 is 2.21 bits per heavy atom. The average molecular weight is 804 g/mol. The number of phosphoric acid groups is 1. The zero-order valence-corrected chi connectivity index (χ0v) is 34.3. The predicted molar refractivity (Wildman–Crippen MR) is 212 cm³/mol. The largest absolute Gasteiger partial charge is 0.472 e. The molecule has 0 spiro atoms. The smallest absolute Gasteiger partial charge is 0.387 e. The lowest BCUT2D eigenvalue weighted by atomic mass is 9.91. The molecule has 4 rings (SSSR count). The van der Waals surface area contributed by atoms with Crippen LogP contribution < -0.4 is 5.73 Å². The van der Waals surface area contributed by atoms with Gasteiger partial charge in [0, 0.05) is 0 Å². The Kier molecular flexibility index (Phi) is 18.6. The molecule has 3 heterocycles. The van der Waals surface area contributed by atoms with Gasteiger partial charge in [0.2, 0.25) is 0 Å². The van der Waals surface area contributed by atoms with Crippen molar-refractivity contribution < 1.29 is 42.6 Å². The van der Waals surface area contributed by atoms with E-state index >= 15 is 0 Å². The number of aromatic nitrogens is 3. The number of ether oxygens (including phenoxy) is 2. The summed E-state index contributed by atoms with van der Waals surface area (Å²) in [6, 6.07) is 9.19. The number of hydrogen-bond donors (Lipinski definition) is 4. The van der Waals surface area contributed by atoms with Crippen molar-refractivity contribution in [3.8, 4) is 6.07 Å². The van der Waals surface area contributed by atoms with Crippen molar-refractivity contribution in [2.45, 2.75) is 173 Å². The molecule has 15 heteroatoms. The zero-order valence-electron chi connectivity index (χ0n) is 33.4. The third-order valence-corrected chi connectivity index (χ3v) is 11.9. The second kappa shape index (κ2) is 22.8. The highest BCUT2D eigenvalue weighted by molar-refractivity contribution is 7.47. The van der Waals surface area contributed by atoms with Gasteiger partial charge in [-0.15, -0.1) is 0 Å². The van der Waals surface area contributed by atoms with Gasteiger partial charge >= 0.3 is 7.82 Å². The molecule has 2 aromatic heterocycles. The Hall–Kier alpha value is -2.99. The minimum Gasteiger partial charge on any atom is -0.387 e. The molecule has 0 bridgehead atoms. The quantitative estimate of drug-likeness (QED) is 0.0424. The lowest BCUT2D eigenvalue weighted by Crippen LogP contribution is -2.49. The number of hydrogen-bond acceptors (Lipinski definition) is 11. The number of unbranched alkanes of at least 4 members (excludes halogenated alkanes) is 15. The molecule has 0 saturated carbocycles. The summed E-state index contributed by atoms with van der Waals surface area (Å²) < 4.78 is 52.0. The van der Waals surface area contributed by atoms with Crippen molar-refractivity contribution in [2.75, 3.05) is 12.3 Å². The molecule has 1 aromatic carbocycles. The second-order valence-corrected chi connectivity index (χ2v) is 16.8. The number of fused-ring (bicyclic) bond motifs is 1. The number of rotatable bonds is 27. The van der Waals surface area contributed by atoms with Crippen molar-refractivity contribution in [3.63, 3.8) is 0 Å². The Morgan fingerprint density at radius 1 is 1.00 bits per heavy atom. The van der Waals surface area contributed by atoms with Gasteiger partial charge in [0.15, 0.2) is 5.82 Å². The highest BCUT2D eigenvalue weighted by Gasteiger charge is 2.56. The Morgan fingerprint density at radius 2 is 1.61 bits per heavy atom. The summed E-state index contributed by atoms with van der Waals surface area (Å²) in [7, 11) is -4.76. The molecule has 0 radical (unpaired) electrons. The lowest BCUT2D eigenvalue weighted by molar-refractivity contribution is -0.133. The minimum absolute atomic E-state index is 0.0331. The number of nitrogens with zero attached hydrogens (tertiary/aromatic N) is 4. The molecule has 1 fully saturated rings. The van der Waals surface area contributed by atoms with Crippen LogP contribution in [0.1, 0.15) is 153 Å².